The molecule has 6 nitrogen and oxygen atoms in total. The van der Waals surface area contributed by atoms with Gasteiger partial charge >= 0.3 is 0 Å². The molecular formula is C26H31N3O3S. The van der Waals surface area contributed by atoms with Crippen LogP contribution in [-0.4, -0.2) is 61.1 Å². The van der Waals surface area contributed by atoms with Gasteiger partial charge in [0.25, 0.3) is 0 Å². The first-order chi connectivity index (χ1) is 16.2. The van der Waals surface area contributed by atoms with E-state index in [2.05, 4.69) is 23.1 Å². The van der Waals surface area contributed by atoms with Gasteiger partial charge in [-0.25, -0.2) is 4.98 Å². The number of carbonyl (C=O) groups excluding carboxylic acids is 1. The second-order valence-corrected chi connectivity index (χ2v) is 9.99. The zero-order valence-corrected chi connectivity index (χ0v) is 20.1. The number of fused-ring (bicyclic) bond motifs is 1. The number of rotatable bonds is 6. The van der Waals surface area contributed by atoms with Crippen molar-refractivity contribution in [3.63, 3.8) is 0 Å². The molecule has 1 aromatic heterocycles. The zero-order valence-electron chi connectivity index (χ0n) is 19.3. The Morgan fingerprint density at radius 2 is 1.88 bits per heavy atom. The lowest BCUT2D eigenvalue weighted by molar-refractivity contribution is -0.133. The third-order valence-corrected chi connectivity index (χ3v) is 8.17. The summed E-state index contributed by atoms with van der Waals surface area (Å²) in [4.78, 5) is 22.5. The molecule has 0 unspecified atom stereocenters. The number of hydrogen-bond acceptors (Lipinski definition) is 6. The summed E-state index contributed by atoms with van der Waals surface area (Å²) >= 11 is 1.82. The van der Waals surface area contributed by atoms with Gasteiger partial charge in [-0.3, -0.25) is 9.69 Å². The monoisotopic (exact) mass is 465 g/mol. The summed E-state index contributed by atoms with van der Waals surface area (Å²) in [5.74, 6) is 2.31. The normalized spacial score (nSPS) is 19.8. The average molecular weight is 466 g/mol. The van der Waals surface area contributed by atoms with Crippen LogP contribution in [0.1, 0.15) is 48.2 Å². The van der Waals surface area contributed by atoms with E-state index in [-0.39, 0.29) is 11.9 Å². The Bertz CT molecular complexity index is 1090. The van der Waals surface area contributed by atoms with Crippen LogP contribution in [0.2, 0.25) is 0 Å². The Hall–Kier alpha value is -2.64. The van der Waals surface area contributed by atoms with Gasteiger partial charge in [0.15, 0.2) is 0 Å². The van der Waals surface area contributed by atoms with Gasteiger partial charge in [0, 0.05) is 18.0 Å². The molecular weight excluding hydrogens is 434 g/mol. The van der Waals surface area contributed by atoms with Crippen LogP contribution in [-0.2, 0) is 4.79 Å². The van der Waals surface area contributed by atoms with Gasteiger partial charge in [-0.2, -0.15) is 0 Å². The van der Waals surface area contributed by atoms with Gasteiger partial charge in [0.1, 0.15) is 11.5 Å². The lowest BCUT2D eigenvalue weighted by atomic mass is 9.97. The molecule has 33 heavy (non-hydrogen) atoms. The van der Waals surface area contributed by atoms with Crippen LogP contribution >= 0.6 is 11.3 Å². The summed E-state index contributed by atoms with van der Waals surface area (Å²) < 4.78 is 12.3. The molecule has 3 aromatic rings. The topological polar surface area (TPSA) is 54.9 Å². The zero-order chi connectivity index (χ0) is 22.8. The summed E-state index contributed by atoms with van der Waals surface area (Å²) in [6.07, 6.45) is 4.08. The Morgan fingerprint density at radius 3 is 2.64 bits per heavy atom. The van der Waals surface area contributed by atoms with Crippen molar-refractivity contribution in [2.45, 2.75) is 37.6 Å². The number of ether oxygens (including phenoxy) is 2. The lowest BCUT2D eigenvalue weighted by Crippen LogP contribution is -2.43. The lowest BCUT2D eigenvalue weighted by Gasteiger charge is -2.33. The molecule has 7 heteroatoms. The number of nitrogens with zero attached hydrogens (tertiary/aromatic N) is 3. The second kappa shape index (κ2) is 9.69. The highest BCUT2D eigenvalue weighted by molar-refractivity contribution is 7.18. The Morgan fingerprint density at radius 1 is 1.06 bits per heavy atom. The van der Waals surface area contributed by atoms with Crippen molar-refractivity contribution in [2.75, 3.05) is 40.4 Å². The highest BCUT2D eigenvalue weighted by Gasteiger charge is 2.33. The fourth-order valence-electron chi connectivity index (χ4n) is 5.17. The molecule has 0 aliphatic carbocycles. The third kappa shape index (κ3) is 4.57. The minimum absolute atomic E-state index is 0.0443. The van der Waals surface area contributed by atoms with Crippen molar-refractivity contribution in [3.8, 4) is 11.5 Å². The minimum atomic E-state index is 0.0443. The number of thiazole rings is 1. The van der Waals surface area contributed by atoms with Crippen LogP contribution in [0.3, 0.4) is 0 Å². The smallest absolute Gasteiger partial charge is 0.237 e. The summed E-state index contributed by atoms with van der Waals surface area (Å²) in [6, 6.07) is 14.3. The van der Waals surface area contributed by atoms with Crippen LogP contribution in [0.25, 0.3) is 10.2 Å². The summed E-state index contributed by atoms with van der Waals surface area (Å²) in [5, 5.41) is 1.24. The number of carbonyl (C=O) groups is 1. The molecule has 0 bridgehead atoms. The quantitative estimate of drug-likeness (QED) is 0.521. The number of amides is 1. The van der Waals surface area contributed by atoms with E-state index in [0.29, 0.717) is 12.5 Å². The van der Waals surface area contributed by atoms with E-state index in [1.54, 1.807) is 14.2 Å². The van der Waals surface area contributed by atoms with E-state index in [9.17, 15) is 4.79 Å². The molecule has 0 spiro atoms. The maximum Gasteiger partial charge on any atom is 0.237 e. The number of aromatic nitrogens is 1. The van der Waals surface area contributed by atoms with Gasteiger partial charge in [-0.05, 0) is 69.1 Å². The molecule has 0 radical (unpaired) electrons. The van der Waals surface area contributed by atoms with Crippen LogP contribution in [0, 0.1) is 0 Å². The predicted molar refractivity (Wildman–Crippen MR) is 131 cm³/mol. The third-order valence-electron chi connectivity index (χ3n) is 6.98. The standard InChI is InChI=1S/C26H31N3O3S/c1-31-19-9-10-23(32-2)20(16-19)22-7-5-13-29(22)25(30)17-28-14-11-18(12-15-28)26-27-21-6-3-4-8-24(21)33-26/h3-4,6,8-10,16,18,22H,5,7,11-15,17H2,1-2H3/t22-/m0/s1. The molecule has 2 aromatic carbocycles. The van der Waals surface area contributed by atoms with Crippen molar-refractivity contribution in [2.24, 2.45) is 0 Å². The molecule has 2 aliphatic rings. The second-order valence-electron chi connectivity index (χ2n) is 8.92. The minimum Gasteiger partial charge on any atom is -0.497 e. The molecule has 5 rings (SSSR count). The van der Waals surface area contributed by atoms with Crippen molar-refractivity contribution < 1.29 is 14.3 Å². The first-order valence-electron chi connectivity index (χ1n) is 11.8. The SMILES string of the molecule is COc1ccc(OC)c([C@@H]2CCCN2C(=O)CN2CCC(c3nc4ccccc4s3)CC2)c1. The molecule has 174 valence electrons. The number of likely N-dealkylation sites (tertiary alicyclic amines) is 2. The molecule has 2 fully saturated rings. The van der Waals surface area contributed by atoms with Crippen LogP contribution in [0.4, 0.5) is 0 Å². The summed E-state index contributed by atoms with van der Waals surface area (Å²) in [6.45, 7) is 3.15. The molecule has 0 saturated carbocycles. The van der Waals surface area contributed by atoms with E-state index in [1.165, 1.54) is 9.71 Å². The molecule has 0 N–H and O–H groups in total. The Kier molecular flexibility index (Phi) is 6.51. The summed E-state index contributed by atoms with van der Waals surface area (Å²) in [7, 11) is 3.35. The van der Waals surface area contributed by atoms with E-state index in [4.69, 9.17) is 14.5 Å². The molecule has 2 saturated heterocycles. The number of benzene rings is 2. The van der Waals surface area contributed by atoms with Crippen molar-refractivity contribution >= 4 is 27.5 Å². The first-order valence-corrected chi connectivity index (χ1v) is 12.6. The maximum atomic E-state index is 13.3. The van der Waals surface area contributed by atoms with E-state index < -0.39 is 0 Å². The van der Waals surface area contributed by atoms with Crippen LogP contribution in [0.15, 0.2) is 42.5 Å². The molecule has 2 aliphatic heterocycles. The number of piperidine rings is 1. The molecule has 1 atom stereocenters. The fourth-order valence-corrected chi connectivity index (χ4v) is 6.31. The Balaban J connectivity index is 1.22. The van der Waals surface area contributed by atoms with Crippen molar-refractivity contribution in [1.29, 1.82) is 0 Å². The summed E-state index contributed by atoms with van der Waals surface area (Å²) in [5.41, 5.74) is 2.14. The molecule has 3 heterocycles. The van der Waals surface area contributed by atoms with Crippen LogP contribution < -0.4 is 9.47 Å². The highest BCUT2D eigenvalue weighted by Crippen LogP contribution is 2.39. The van der Waals surface area contributed by atoms with Crippen molar-refractivity contribution in [1.82, 2.24) is 14.8 Å². The van der Waals surface area contributed by atoms with Crippen molar-refractivity contribution in [3.05, 3.63) is 53.0 Å². The first kappa shape index (κ1) is 22.2. The maximum absolute atomic E-state index is 13.3. The van der Waals surface area contributed by atoms with Crippen LogP contribution in [0.5, 0.6) is 11.5 Å². The van der Waals surface area contributed by atoms with Gasteiger partial charge in [0.2, 0.25) is 5.91 Å². The van der Waals surface area contributed by atoms with Gasteiger partial charge < -0.3 is 14.4 Å². The Labute approximate surface area is 199 Å². The van der Waals surface area contributed by atoms with E-state index in [0.717, 1.165) is 67.9 Å². The van der Waals surface area contributed by atoms with E-state index in [1.807, 2.05) is 40.5 Å². The number of para-hydroxylation sites is 1. The number of hydrogen-bond donors (Lipinski definition) is 0. The van der Waals surface area contributed by atoms with Gasteiger partial charge in [0.05, 0.1) is 42.0 Å². The fraction of sp³-hybridized carbons (Fsp3) is 0.462. The van der Waals surface area contributed by atoms with Gasteiger partial charge in [-0.1, -0.05) is 12.1 Å². The predicted octanol–water partition coefficient (Wildman–Crippen LogP) is 4.86. The van der Waals surface area contributed by atoms with E-state index >= 15 is 0 Å². The molecule has 1 amide bonds. The largest absolute Gasteiger partial charge is 0.497 e. The average Bonchev–Trinajstić information content (AvgIpc) is 3.51. The van der Waals surface area contributed by atoms with Gasteiger partial charge in [-0.15, -0.1) is 11.3 Å². The highest BCUT2D eigenvalue weighted by atomic mass is 32.1. The number of methoxy groups -OCH3 is 2.